The number of nitrogens with zero attached hydrogens (tertiary/aromatic N) is 4. The van der Waals surface area contributed by atoms with E-state index in [1.807, 2.05) is 12.1 Å². The summed E-state index contributed by atoms with van der Waals surface area (Å²) in [7, 11) is 0. The molecule has 8 heteroatoms. The standard InChI is InChI=1S/C24H35N5O2S/c1-17(2)19-6-8-20(9-7-19)25-22(30)16-32-24-27-26-23(28-12-10-18(3)11-13-28)29(24)15-21-5-4-14-31-21/h6-9,17-18,21H,4-5,10-16H2,1-3H3,(H,25,30). The number of nitrogens with one attached hydrogen (secondary N) is 1. The first-order chi connectivity index (χ1) is 15.5. The van der Waals surface area contributed by atoms with Crippen LogP contribution in [0.25, 0.3) is 0 Å². The fraction of sp³-hybridized carbons (Fsp3) is 0.625. The number of rotatable bonds is 8. The van der Waals surface area contributed by atoms with Crippen molar-refractivity contribution in [3.63, 3.8) is 0 Å². The van der Waals surface area contributed by atoms with Crippen LogP contribution in [0.15, 0.2) is 29.4 Å². The van der Waals surface area contributed by atoms with Gasteiger partial charge in [-0.15, -0.1) is 10.2 Å². The number of carbonyl (C=O) groups is 1. The Morgan fingerprint density at radius 2 is 1.94 bits per heavy atom. The van der Waals surface area contributed by atoms with Gasteiger partial charge in [0, 0.05) is 25.4 Å². The highest BCUT2D eigenvalue weighted by molar-refractivity contribution is 7.99. The predicted octanol–water partition coefficient (Wildman–Crippen LogP) is 4.55. The largest absolute Gasteiger partial charge is 0.376 e. The molecule has 2 aliphatic rings. The third kappa shape index (κ3) is 5.84. The molecule has 1 N–H and O–H groups in total. The van der Waals surface area contributed by atoms with E-state index in [1.54, 1.807) is 0 Å². The Bertz CT molecular complexity index is 884. The van der Waals surface area contributed by atoms with Crippen LogP contribution in [0.5, 0.6) is 0 Å². The molecule has 1 aromatic heterocycles. The SMILES string of the molecule is CC1CCN(c2nnc(SCC(=O)Nc3ccc(C(C)C)cc3)n2CC2CCCO2)CC1. The van der Waals surface area contributed by atoms with E-state index >= 15 is 0 Å². The molecule has 0 saturated carbocycles. The summed E-state index contributed by atoms with van der Waals surface area (Å²) in [6.45, 7) is 10.2. The minimum absolute atomic E-state index is 0.0349. The molecule has 3 heterocycles. The van der Waals surface area contributed by atoms with Crippen LogP contribution in [0.3, 0.4) is 0 Å². The minimum Gasteiger partial charge on any atom is -0.376 e. The van der Waals surface area contributed by atoms with E-state index < -0.39 is 0 Å². The lowest BCUT2D eigenvalue weighted by molar-refractivity contribution is -0.113. The van der Waals surface area contributed by atoms with Gasteiger partial charge in [0.05, 0.1) is 18.4 Å². The van der Waals surface area contributed by atoms with E-state index in [1.165, 1.54) is 30.2 Å². The molecule has 0 radical (unpaired) electrons. The average Bonchev–Trinajstić information content (AvgIpc) is 3.44. The van der Waals surface area contributed by atoms with Crippen molar-refractivity contribution in [2.45, 2.75) is 70.2 Å². The maximum atomic E-state index is 12.6. The minimum atomic E-state index is -0.0349. The Labute approximate surface area is 195 Å². The van der Waals surface area contributed by atoms with Crippen LogP contribution in [-0.2, 0) is 16.1 Å². The predicted molar refractivity (Wildman–Crippen MR) is 129 cm³/mol. The molecule has 7 nitrogen and oxygen atoms in total. The summed E-state index contributed by atoms with van der Waals surface area (Å²) >= 11 is 1.45. The summed E-state index contributed by atoms with van der Waals surface area (Å²) in [5, 5.41) is 12.8. The van der Waals surface area contributed by atoms with E-state index in [0.717, 1.165) is 61.8 Å². The lowest BCUT2D eigenvalue weighted by Gasteiger charge is -2.31. The molecule has 2 aromatic rings. The van der Waals surface area contributed by atoms with Gasteiger partial charge in [-0.25, -0.2) is 0 Å². The van der Waals surface area contributed by atoms with Crippen LogP contribution in [0, 0.1) is 5.92 Å². The molecule has 0 aliphatic carbocycles. The van der Waals surface area contributed by atoms with E-state index in [4.69, 9.17) is 4.74 Å². The van der Waals surface area contributed by atoms with Gasteiger partial charge in [0.1, 0.15) is 0 Å². The van der Waals surface area contributed by atoms with Crippen molar-refractivity contribution in [2.24, 2.45) is 5.92 Å². The molecule has 2 saturated heterocycles. The van der Waals surface area contributed by atoms with Gasteiger partial charge in [-0.05, 0) is 55.2 Å². The molecule has 0 bridgehead atoms. The quantitative estimate of drug-likeness (QED) is 0.587. The average molecular weight is 458 g/mol. The second-order valence-electron chi connectivity index (χ2n) is 9.31. The van der Waals surface area contributed by atoms with Gasteiger partial charge in [-0.1, -0.05) is 44.7 Å². The summed E-state index contributed by atoms with van der Waals surface area (Å²) in [5.74, 6) is 2.41. The highest BCUT2D eigenvalue weighted by Crippen LogP contribution is 2.28. The molecule has 1 amide bonds. The van der Waals surface area contributed by atoms with Crippen LogP contribution >= 0.6 is 11.8 Å². The number of benzene rings is 1. The number of piperidine rings is 1. The molecule has 2 aliphatic heterocycles. The number of anilines is 2. The van der Waals surface area contributed by atoms with E-state index in [9.17, 15) is 4.79 Å². The summed E-state index contributed by atoms with van der Waals surface area (Å²) in [6, 6.07) is 8.06. The third-order valence-corrected chi connectivity index (χ3v) is 7.33. The van der Waals surface area contributed by atoms with Crippen molar-refractivity contribution in [2.75, 3.05) is 35.7 Å². The normalized spacial score (nSPS) is 19.6. The first-order valence-electron chi connectivity index (χ1n) is 11.8. The van der Waals surface area contributed by atoms with Crippen LogP contribution in [0.2, 0.25) is 0 Å². The first-order valence-corrected chi connectivity index (χ1v) is 12.8. The number of thioether (sulfide) groups is 1. The van der Waals surface area contributed by atoms with Crippen molar-refractivity contribution in [3.05, 3.63) is 29.8 Å². The number of ether oxygens (including phenoxy) is 1. The van der Waals surface area contributed by atoms with E-state index in [0.29, 0.717) is 11.7 Å². The summed E-state index contributed by atoms with van der Waals surface area (Å²) < 4.78 is 8.06. The van der Waals surface area contributed by atoms with Gasteiger partial charge < -0.3 is 15.0 Å². The van der Waals surface area contributed by atoms with Gasteiger partial charge in [0.2, 0.25) is 11.9 Å². The molecular weight excluding hydrogens is 422 g/mol. The van der Waals surface area contributed by atoms with Crippen molar-refractivity contribution in [3.8, 4) is 0 Å². The van der Waals surface area contributed by atoms with Gasteiger partial charge in [0.15, 0.2) is 5.16 Å². The Balaban J connectivity index is 1.40. The number of aromatic nitrogens is 3. The number of amides is 1. The Morgan fingerprint density at radius 3 is 2.59 bits per heavy atom. The molecule has 32 heavy (non-hydrogen) atoms. The van der Waals surface area contributed by atoms with Gasteiger partial charge in [-0.3, -0.25) is 9.36 Å². The molecule has 4 rings (SSSR count). The summed E-state index contributed by atoms with van der Waals surface area (Å²) in [5.41, 5.74) is 2.09. The van der Waals surface area contributed by atoms with Crippen LogP contribution < -0.4 is 10.2 Å². The number of hydrogen-bond acceptors (Lipinski definition) is 6. The Morgan fingerprint density at radius 1 is 1.19 bits per heavy atom. The first kappa shape index (κ1) is 23.1. The molecule has 1 unspecified atom stereocenters. The van der Waals surface area contributed by atoms with Crippen molar-refractivity contribution in [1.29, 1.82) is 0 Å². The van der Waals surface area contributed by atoms with Gasteiger partial charge in [0.25, 0.3) is 0 Å². The van der Waals surface area contributed by atoms with Gasteiger partial charge in [-0.2, -0.15) is 0 Å². The number of carbonyl (C=O) groups excluding carboxylic acids is 1. The molecular formula is C24H35N5O2S. The van der Waals surface area contributed by atoms with E-state index in [2.05, 4.69) is 57.9 Å². The fourth-order valence-electron chi connectivity index (χ4n) is 4.26. The molecule has 2 fully saturated rings. The molecule has 0 spiro atoms. The molecule has 1 aromatic carbocycles. The highest BCUT2D eigenvalue weighted by atomic mass is 32.2. The monoisotopic (exact) mass is 457 g/mol. The Kier molecular flexibility index (Phi) is 7.73. The maximum absolute atomic E-state index is 12.6. The van der Waals surface area contributed by atoms with Gasteiger partial charge >= 0.3 is 0 Å². The second-order valence-corrected chi connectivity index (χ2v) is 10.3. The lowest BCUT2D eigenvalue weighted by atomic mass is 10.00. The zero-order valence-electron chi connectivity index (χ0n) is 19.4. The smallest absolute Gasteiger partial charge is 0.234 e. The lowest BCUT2D eigenvalue weighted by Crippen LogP contribution is -2.35. The third-order valence-electron chi connectivity index (χ3n) is 6.37. The molecule has 174 valence electrons. The summed E-state index contributed by atoms with van der Waals surface area (Å²) in [4.78, 5) is 14.9. The molecule has 1 atom stereocenters. The maximum Gasteiger partial charge on any atom is 0.234 e. The van der Waals surface area contributed by atoms with Crippen LogP contribution in [0.1, 0.15) is 57.9 Å². The fourth-order valence-corrected chi connectivity index (χ4v) is 5.00. The zero-order valence-corrected chi connectivity index (χ0v) is 20.2. The topological polar surface area (TPSA) is 72.3 Å². The van der Waals surface area contributed by atoms with Crippen molar-refractivity contribution < 1.29 is 9.53 Å². The number of hydrogen-bond donors (Lipinski definition) is 1. The van der Waals surface area contributed by atoms with Crippen LogP contribution in [0.4, 0.5) is 11.6 Å². The van der Waals surface area contributed by atoms with Crippen LogP contribution in [-0.4, -0.2) is 52.2 Å². The highest BCUT2D eigenvalue weighted by Gasteiger charge is 2.26. The second kappa shape index (κ2) is 10.7. The van der Waals surface area contributed by atoms with Crippen molar-refractivity contribution >= 4 is 29.3 Å². The van der Waals surface area contributed by atoms with E-state index in [-0.39, 0.29) is 12.0 Å². The summed E-state index contributed by atoms with van der Waals surface area (Å²) in [6.07, 6.45) is 4.71. The zero-order chi connectivity index (χ0) is 22.5. The Hall–Kier alpha value is -2.06. The van der Waals surface area contributed by atoms with Crippen molar-refractivity contribution in [1.82, 2.24) is 14.8 Å².